The molecule has 5 aromatic carbocycles. The fraction of sp³-hybridized carbons (Fsp3) is 0.418. The minimum Gasteiger partial charge on any atom is -0.468 e. The van der Waals surface area contributed by atoms with Crippen LogP contribution < -0.4 is 26.4 Å². The third-order valence-corrected chi connectivity index (χ3v) is 14.2. The first-order valence-corrected chi connectivity index (χ1v) is 22.1. The summed E-state index contributed by atoms with van der Waals surface area (Å²) in [6.45, 7) is 37.4. The van der Waals surface area contributed by atoms with Crippen LogP contribution in [-0.4, -0.2) is 6.71 Å². The zero-order chi connectivity index (χ0) is 42.5. The van der Waals surface area contributed by atoms with E-state index in [2.05, 4.69) is 199 Å². The number of furan rings is 1. The van der Waals surface area contributed by atoms with Gasteiger partial charge in [0.15, 0.2) is 0 Å². The van der Waals surface area contributed by atoms with Crippen molar-refractivity contribution in [2.45, 2.75) is 151 Å². The standard InChI is InChI=1S/C55H65BN2O/c1-32-25-44-47-45(26-32)58(48-33(2)27-37(28-34(48)3)53(10,11)12)43-31-41-40(54(13,14)23-24-55(41,15)16)30-42(43)56(47)50-49(39-22-19-36(52(7,8)9)29-46(39)59-50)57(44)38-20-17-35(18-21-38)51(4,5)6/h17-22,25-31H,23-24H2,1-16H3. The lowest BCUT2D eigenvalue weighted by molar-refractivity contribution is 0.332. The zero-order valence-electron chi connectivity index (χ0n) is 38.8. The molecule has 59 heavy (non-hydrogen) atoms. The molecule has 0 fully saturated rings. The molecule has 6 aromatic rings. The number of fused-ring (bicyclic) bond motifs is 7. The van der Waals surface area contributed by atoms with E-state index in [1.165, 1.54) is 84.6 Å². The van der Waals surface area contributed by atoms with E-state index >= 15 is 0 Å². The molecule has 2 aliphatic heterocycles. The van der Waals surface area contributed by atoms with Crippen LogP contribution in [0.4, 0.5) is 34.1 Å². The first kappa shape index (κ1) is 39.7. The first-order chi connectivity index (χ1) is 27.4. The van der Waals surface area contributed by atoms with E-state index in [0.29, 0.717) is 0 Å². The molecule has 0 radical (unpaired) electrons. The molecule has 1 aliphatic carbocycles. The normalized spacial score (nSPS) is 16.8. The van der Waals surface area contributed by atoms with Crippen molar-refractivity contribution in [3.63, 3.8) is 0 Å². The summed E-state index contributed by atoms with van der Waals surface area (Å²) in [5.41, 5.74) is 23.0. The third kappa shape index (κ3) is 6.13. The average molecular weight is 781 g/mol. The van der Waals surface area contributed by atoms with Gasteiger partial charge in [-0.1, -0.05) is 126 Å². The monoisotopic (exact) mass is 781 g/mol. The Morgan fingerprint density at radius 1 is 0.542 bits per heavy atom. The molecule has 0 spiro atoms. The van der Waals surface area contributed by atoms with Gasteiger partial charge >= 0.3 is 0 Å². The zero-order valence-corrected chi connectivity index (χ0v) is 38.8. The highest BCUT2D eigenvalue weighted by Gasteiger charge is 2.49. The van der Waals surface area contributed by atoms with Crippen LogP contribution in [0.5, 0.6) is 0 Å². The smallest absolute Gasteiger partial charge is 0.297 e. The van der Waals surface area contributed by atoms with Crippen LogP contribution in [0.25, 0.3) is 11.0 Å². The molecule has 0 amide bonds. The molecule has 3 nitrogen and oxygen atoms in total. The Morgan fingerprint density at radius 2 is 1.07 bits per heavy atom. The molecule has 0 bridgehead atoms. The number of anilines is 6. The summed E-state index contributed by atoms with van der Waals surface area (Å²) in [5.74, 6) is 0. The predicted octanol–water partition coefficient (Wildman–Crippen LogP) is 13.7. The van der Waals surface area contributed by atoms with Crippen LogP contribution in [0.3, 0.4) is 0 Å². The summed E-state index contributed by atoms with van der Waals surface area (Å²) in [5, 5.41) is 1.16. The van der Waals surface area contributed by atoms with Crippen LogP contribution in [0.1, 0.15) is 147 Å². The van der Waals surface area contributed by atoms with E-state index in [1.807, 2.05) is 0 Å². The van der Waals surface area contributed by atoms with Gasteiger partial charge in [-0.05, 0) is 159 Å². The lowest BCUT2D eigenvalue weighted by Crippen LogP contribution is -2.61. The SMILES string of the molecule is Cc1cc2c3c(c1)N(c1ccc(C(C)(C)C)cc1)c1c(oc4cc(C(C)(C)C)ccc14)B3c1cc3c(cc1N2c1c(C)cc(C(C)(C)C)cc1C)C(C)(C)CCC3(C)C. The maximum Gasteiger partial charge on any atom is 0.297 e. The second kappa shape index (κ2) is 12.7. The molecule has 1 aromatic heterocycles. The van der Waals surface area contributed by atoms with Gasteiger partial charge in [-0.3, -0.25) is 0 Å². The highest BCUT2D eigenvalue weighted by atomic mass is 16.3. The highest BCUT2D eigenvalue weighted by molar-refractivity contribution is 7.00. The van der Waals surface area contributed by atoms with Crippen molar-refractivity contribution in [3.05, 3.63) is 123 Å². The van der Waals surface area contributed by atoms with Crippen molar-refractivity contribution < 1.29 is 4.42 Å². The van der Waals surface area contributed by atoms with E-state index in [4.69, 9.17) is 4.42 Å². The quantitative estimate of drug-likeness (QED) is 0.163. The van der Waals surface area contributed by atoms with Crippen molar-refractivity contribution in [2.24, 2.45) is 0 Å². The molecule has 0 saturated carbocycles. The van der Waals surface area contributed by atoms with Crippen molar-refractivity contribution in [3.8, 4) is 0 Å². The Morgan fingerprint density at radius 3 is 1.63 bits per heavy atom. The number of hydrogen-bond acceptors (Lipinski definition) is 3. The van der Waals surface area contributed by atoms with E-state index < -0.39 is 0 Å². The van der Waals surface area contributed by atoms with Gasteiger partial charge in [0.2, 0.25) is 0 Å². The van der Waals surface area contributed by atoms with Gasteiger partial charge in [0.25, 0.3) is 6.71 Å². The molecule has 9 rings (SSSR count). The van der Waals surface area contributed by atoms with E-state index in [-0.39, 0.29) is 33.8 Å². The summed E-state index contributed by atoms with van der Waals surface area (Å²) in [6, 6.07) is 31.3. The summed E-state index contributed by atoms with van der Waals surface area (Å²) in [4.78, 5) is 5.18. The number of nitrogens with zero attached hydrogens (tertiary/aromatic N) is 2. The van der Waals surface area contributed by atoms with Crippen LogP contribution in [0.15, 0.2) is 83.3 Å². The maximum absolute atomic E-state index is 7.41. The lowest BCUT2D eigenvalue weighted by Gasteiger charge is -2.47. The number of benzene rings is 5. The van der Waals surface area contributed by atoms with E-state index in [1.54, 1.807) is 0 Å². The van der Waals surface area contributed by atoms with Gasteiger partial charge in [-0.25, -0.2) is 0 Å². The Balaban J connectivity index is 1.43. The van der Waals surface area contributed by atoms with Gasteiger partial charge < -0.3 is 14.2 Å². The second-order valence-electron chi connectivity index (χ2n) is 22.8. The number of rotatable bonds is 2. The largest absolute Gasteiger partial charge is 0.468 e. The molecule has 3 aliphatic rings. The van der Waals surface area contributed by atoms with Crippen molar-refractivity contribution >= 4 is 68.4 Å². The Hall–Kier alpha value is -4.70. The summed E-state index contributed by atoms with van der Waals surface area (Å²) < 4.78 is 7.41. The fourth-order valence-corrected chi connectivity index (χ4v) is 10.5. The minimum absolute atomic E-state index is 0.00908. The molecule has 3 heterocycles. The number of aryl methyl sites for hydroxylation is 3. The molecule has 0 N–H and O–H groups in total. The Kier molecular flexibility index (Phi) is 8.53. The van der Waals surface area contributed by atoms with Crippen molar-refractivity contribution in [2.75, 3.05) is 9.80 Å². The molecule has 0 saturated heterocycles. The summed E-state index contributed by atoms with van der Waals surface area (Å²) in [6.07, 6.45) is 2.33. The lowest BCUT2D eigenvalue weighted by atomic mass is 9.35. The molecular formula is C55H65BN2O. The molecule has 0 unspecified atom stereocenters. The molecule has 304 valence electrons. The van der Waals surface area contributed by atoms with Gasteiger partial charge in [0.1, 0.15) is 5.58 Å². The Labute approximate surface area is 355 Å². The van der Waals surface area contributed by atoms with Crippen LogP contribution >= 0.6 is 0 Å². The van der Waals surface area contributed by atoms with E-state index in [0.717, 1.165) is 34.4 Å². The van der Waals surface area contributed by atoms with Crippen LogP contribution in [0, 0.1) is 20.8 Å². The van der Waals surface area contributed by atoms with Gasteiger partial charge in [-0.15, -0.1) is 0 Å². The molecular weight excluding hydrogens is 715 g/mol. The van der Waals surface area contributed by atoms with E-state index in [9.17, 15) is 0 Å². The summed E-state index contributed by atoms with van der Waals surface area (Å²) in [7, 11) is 0. The second-order valence-corrected chi connectivity index (χ2v) is 22.8. The van der Waals surface area contributed by atoms with Gasteiger partial charge in [0.05, 0.1) is 17.0 Å². The van der Waals surface area contributed by atoms with Gasteiger partial charge in [0, 0.05) is 28.1 Å². The van der Waals surface area contributed by atoms with Crippen LogP contribution in [0.2, 0.25) is 0 Å². The Bertz CT molecular complexity index is 2680. The molecule has 4 heteroatoms. The predicted molar refractivity (Wildman–Crippen MR) is 256 cm³/mol. The third-order valence-electron chi connectivity index (χ3n) is 14.2. The molecule has 0 atom stereocenters. The van der Waals surface area contributed by atoms with Crippen LogP contribution in [-0.2, 0) is 27.1 Å². The van der Waals surface area contributed by atoms with Crippen molar-refractivity contribution in [1.82, 2.24) is 0 Å². The first-order valence-electron chi connectivity index (χ1n) is 22.1. The maximum atomic E-state index is 7.41. The van der Waals surface area contributed by atoms with Crippen molar-refractivity contribution in [1.29, 1.82) is 0 Å². The summed E-state index contributed by atoms with van der Waals surface area (Å²) >= 11 is 0. The fourth-order valence-electron chi connectivity index (χ4n) is 10.5. The average Bonchev–Trinajstić information content (AvgIpc) is 3.51. The minimum atomic E-state index is -0.0852. The topological polar surface area (TPSA) is 19.6 Å². The highest BCUT2D eigenvalue weighted by Crippen LogP contribution is 2.52. The number of hydrogen-bond donors (Lipinski definition) is 0. The van der Waals surface area contributed by atoms with Gasteiger partial charge in [-0.2, -0.15) is 0 Å².